The predicted molar refractivity (Wildman–Crippen MR) is 86.5 cm³/mol. The van der Waals surface area contributed by atoms with Crippen molar-refractivity contribution in [1.82, 2.24) is 14.5 Å². The Bertz CT molecular complexity index is 656. The molecule has 0 aromatic carbocycles. The van der Waals surface area contributed by atoms with E-state index in [1.165, 1.54) is 14.7 Å². The van der Waals surface area contributed by atoms with Crippen LogP contribution in [0.4, 0.5) is 4.79 Å². The number of fused-ring (bicyclic) bond motifs is 1. The Labute approximate surface area is 135 Å². The second-order valence-electron chi connectivity index (χ2n) is 5.72. The van der Waals surface area contributed by atoms with E-state index in [-0.39, 0.29) is 17.8 Å². The van der Waals surface area contributed by atoms with E-state index >= 15 is 0 Å². The van der Waals surface area contributed by atoms with Crippen LogP contribution in [0, 0.1) is 0 Å². The van der Waals surface area contributed by atoms with E-state index in [9.17, 15) is 13.2 Å². The Morgan fingerprint density at radius 3 is 3.00 bits per heavy atom. The number of urea groups is 1. The third kappa shape index (κ3) is 3.00. The molecule has 1 N–H and O–H groups in total. The molecule has 1 aromatic rings. The standard InChI is InChI=1S/C14H21N3O3S2/c1-11-12-4-9-21-13(12)3-7-17(11)14(18)15-5-8-16-6-2-10-22(16,19)20/h4,9,11H,2-3,5-8,10H2,1H3,(H,15,18). The number of thiophene rings is 1. The topological polar surface area (TPSA) is 69.7 Å². The van der Waals surface area contributed by atoms with Crippen molar-refractivity contribution in [3.63, 3.8) is 0 Å². The first-order valence-electron chi connectivity index (χ1n) is 7.57. The van der Waals surface area contributed by atoms with Gasteiger partial charge in [-0.05, 0) is 36.8 Å². The lowest BCUT2D eigenvalue weighted by Gasteiger charge is -2.33. The smallest absolute Gasteiger partial charge is 0.317 e. The molecule has 0 bridgehead atoms. The fourth-order valence-corrected chi connectivity index (χ4v) is 5.61. The quantitative estimate of drug-likeness (QED) is 0.902. The summed E-state index contributed by atoms with van der Waals surface area (Å²) < 4.78 is 24.9. The van der Waals surface area contributed by atoms with Gasteiger partial charge in [0, 0.05) is 31.1 Å². The first-order chi connectivity index (χ1) is 10.5. The molecule has 1 fully saturated rings. The highest BCUT2D eigenvalue weighted by molar-refractivity contribution is 7.89. The highest BCUT2D eigenvalue weighted by atomic mass is 32.2. The molecule has 0 saturated carbocycles. The second-order valence-corrected chi connectivity index (χ2v) is 8.81. The highest BCUT2D eigenvalue weighted by Gasteiger charge is 2.30. The molecule has 3 rings (SSSR count). The number of amides is 2. The van der Waals surface area contributed by atoms with Crippen LogP contribution in [0.2, 0.25) is 0 Å². The Morgan fingerprint density at radius 2 is 2.27 bits per heavy atom. The summed E-state index contributed by atoms with van der Waals surface area (Å²) in [5.41, 5.74) is 1.23. The van der Waals surface area contributed by atoms with Crippen LogP contribution in [-0.4, -0.2) is 55.6 Å². The van der Waals surface area contributed by atoms with Crippen LogP contribution in [0.5, 0.6) is 0 Å². The van der Waals surface area contributed by atoms with Crippen molar-refractivity contribution in [2.24, 2.45) is 0 Å². The molecule has 1 aromatic heterocycles. The molecular weight excluding hydrogens is 322 g/mol. The number of nitrogens with one attached hydrogen (secondary N) is 1. The zero-order chi connectivity index (χ0) is 15.7. The van der Waals surface area contributed by atoms with E-state index in [1.54, 1.807) is 11.3 Å². The van der Waals surface area contributed by atoms with Gasteiger partial charge in [-0.2, -0.15) is 0 Å². The number of nitrogens with zero attached hydrogens (tertiary/aromatic N) is 2. The van der Waals surface area contributed by atoms with Gasteiger partial charge in [0.15, 0.2) is 0 Å². The molecule has 3 heterocycles. The lowest BCUT2D eigenvalue weighted by Crippen LogP contribution is -2.46. The first kappa shape index (κ1) is 15.8. The van der Waals surface area contributed by atoms with Crippen molar-refractivity contribution >= 4 is 27.4 Å². The summed E-state index contributed by atoms with van der Waals surface area (Å²) in [6, 6.07) is 2.05. The Morgan fingerprint density at radius 1 is 1.45 bits per heavy atom. The maximum Gasteiger partial charge on any atom is 0.317 e. The zero-order valence-corrected chi connectivity index (χ0v) is 14.3. The van der Waals surface area contributed by atoms with Gasteiger partial charge in [-0.1, -0.05) is 0 Å². The van der Waals surface area contributed by atoms with Gasteiger partial charge >= 0.3 is 6.03 Å². The summed E-state index contributed by atoms with van der Waals surface area (Å²) in [6.45, 7) is 4.03. The minimum absolute atomic E-state index is 0.0746. The third-order valence-corrected chi connectivity index (χ3v) is 7.33. The molecule has 2 amide bonds. The van der Waals surface area contributed by atoms with Crippen molar-refractivity contribution in [3.05, 3.63) is 21.9 Å². The van der Waals surface area contributed by atoms with Crippen LogP contribution >= 0.6 is 11.3 Å². The summed E-state index contributed by atoms with van der Waals surface area (Å²) in [5, 5.41) is 4.92. The van der Waals surface area contributed by atoms with Crippen LogP contribution < -0.4 is 5.32 Å². The molecule has 6 nitrogen and oxygen atoms in total. The summed E-state index contributed by atoms with van der Waals surface area (Å²) in [5.74, 6) is 0.227. The number of hydrogen-bond donors (Lipinski definition) is 1. The molecule has 1 saturated heterocycles. The maximum atomic E-state index is 12.3. The van der Waals surface area contributed by atoms with Crippen molar-refractivity contribution in [1.29, 1.82) is 0 Å². The molecular formula is C14H21N3O3S2. The maximum absolute atomic E-state index is 12.3. The van der Waals surface area contributed by atoms with Gasteiger partial charge in [-0.25, -0.2) is 17.5 Å². The van der Waals surface area contributed by atoms with Crippen molar-refractivity contribution in [3.8, 4) is 0 Å². The third-order valence-electron chi connectivity index (χ3n) is 4.38. The number of carbonyl (C=O) groups is 1. The normalized spacial score (nSPS) is 24.2. The summed E-state index contributed by atoms with van der Waals surface area (Å²) in [7, 11) is -3.08. The lowest BCUT2D eigenvalue weighted by atomic mass is 10.0. The Hall–Kier alpha value is -1.12. The molecule has 1 atom stereocenters. The van der Waals surface area contributed by atoms with Gasteiger partial charge in [0.2, 0.25) is 10.0 Å². The van der Waals surface area contributed by atoms with Gasteiger partial charge in [-0.15, -0.1) is 11.3 Å². The molecule has 0 aliphatic carbocycles. The van der Waals surface area contributed by atoms with E-state index in [1.807, 2.05) is 11.8 Å². The Balaban J connectivity index is 1.53. The molecule has 1 unspecified atom stereocenters. The molecule has 2 aliphatic heterocycles. The second kappa shape index (κ2) is 6.17. The fraction of sp³-hybridized carbons (Fsp3) is 0.643. The molecule has 0 radical (unpaired) electrons. The van der Waals surface area contributed by atoms with Gasteiger partial charge in [0.05, 0.1) is 11.8 Å². The van der Waals surface area contributed by atoms with Gasteiger partial charge in [0.1, 0.15) is 0 Å². The van der Waals surface area contributed by atoms with Crippen LogP contribution in [0.15, 0.2) is 11.4 Å². The van der Waals surface area contributed by atoms with E-state index in [0.29, 0.717) is 32.6 Å². The van der Waals surface area contributed by atoms with Crippen LogP contribution in [0.1, 0.15) is 29.8 Å². The SMILES string of the molecule is CC1c2ccsc2CCN1C(=O)NCCN1CCCS1(=O)=O. The number of rotatable bonds is 3. The minimum Gasteiger partial charge on any atom is -0.337 e. The molecule has 122 valence electrons. The minimum atomic E-state index is -3.08. The lowest BCUT2D eigenvalue weighted by molar-refractivity contribution is 0.175. The summed E-state index contributed by atoms with van der Waals surface area (Å²) in [4.78, 5) is 15.5. The van der Waals surface area contributed by atoms with E-state index in [4.69, 9.17) is 0 Å². The van der Waals surface area contributed by atoms with Crippen molar-refractivity contribution in [2.75, 3.05) is 31.9 Å². The van der Waals surface area contributed by atoms with Crippen molar-refractivity contribution in [2.45, 2.75) is 25.8 Å². The van der Waals surface area contributed by atoms with E-state index in [2.05, 4.69) is 16.8 Å². The summed E-state index contributed by atoms with van der Waals surface area (Å²) >= 11 is 1.75. The van der Waals surface area contributed by atoms with E-state index in [0.717, 1.165) is 6.42 Å². The van der Waals surface area contributed by atoms with Gasteiger partial charge in [0.25, 0.3) is 0 Å². The molecule has 0 spiro atoms. The number of carbonyl (C=O) groups excluding carboxylic acids is 1. The fourth-order valence-electron chi connectivity index (χ4n) is 3.12. The molecule has 8 heteroatoms. The van der Waals surface area contributed by atoms with Crippen molar-refractivity contribution < 1.29 is 13.2 Å². The molecule has 2 aliphatic rings. The van der Waals surface area contributed by atoms with Crippen LogP contribution in [-0.2, 0) is 16.4 Å². The monoisotopic (exact) mass is 343 g/mol. The summed E-state index contributed by atoms with van der Waals surface area (Å²) in [6.07, 6.45) is 1.58. The predicted octanol–water partition coefficient (Wildman–Crippen LogP) is 1.41. The number of sulfonamides is 1. The zero-order valence-electron chi connectivity index (χ0n) is 12.6. The number of hydrogen-bond acceptors (Lipinski definition) is 4. The molecule has 22 heavy (non-hydrogen) atoms. The largest absolute Gasteiger partial charge is 0.337 e. The van der Waals surface area contributed by atoms with Gasteiger partial charge < -0.3 is 10.2 Å². The Kier molecular flexibility index (Phi) is 4.42. The highest BCUT2D eigenvalue weighted by Crippen LogP contribution is 2.32. The van der Waals surface area contributed by atoms with Gasteiger partial charge in [-0.3, -0.25) is 0 Å². The average molecular weight is 343 g/mol. The average Bonchev–Trinajstić information content (AvgIpc) is 3.06. The van der Waals surface area contributed by atoms with E-state index < -0.39 is 10.0 Å². The van der Waals surface area contributed by atoms with Crippen LogP contribution in [0.3, 0.4) is 0 Å². The first-order valence-corrected chi connectivity index (χ1v) is 10.1. The van der Waals surface area contributed by atoms with Crippen LogP contribution in [0.25, 0.3) is 0 Å².